The quantitative estimate of drug-likeness (QED) is 0.818. The van der Waals surface area contributed by atoms with E-state index in [-0.39, 0.29) is 16.5 Å². The molecule has 1 N–H and O–H groups in total. The Morgan fingerprint density at radius 1 is 1.48 bits per heavy atom. The Balaban J connectivity index is 2.26. The Morgan fingerprint density at radius 3 is 2.87 bits per heavy atom. The van der Waals surface area contributed by atoms with Gasteiger partial charge in [-0.2, -0.15) is 0 Å². The monoisotopic (exact) mass is 361 g/mol. The second kappa shape index (κ2) is 7.42. The van der Waals surface area contributed by atoms with E-state index in [1.165, 1.54) is 0 Å². The number of carbonyl (C=O) groups is 1. The summed E-state index contributed by atoms with van der Waals surface area (Å²) in [5.74, 6) is -1.16. The molecule has 1 aliphatic carbocycles. The Morgan fingerprint density at radius 2 is 2.22 bits per heavy atom. The molecular formula is C15H17ClFNO4S. The molecule has 0 amide bonds. The molecule has 0 spiro atoms. The number of benzene rings is 1. The first-order chi connectivity index (χ1) is 10.8. The molecule has 0 saturated heterocycles. The van der Waals surface area contributed by atoms with Crippen molar-refractivity contribution in [3.8, 4) is 0 Å². The SMILES string of the molecule is CCOC(=O)C1=CCCCC1NS(=O)(=O)c1ccc(F)cc1Cl. The molecule has 23 heavy (non-hydrogen) atoms. The maximum Gasteiger partial charge on any atom is 0.335 e. The van der Waals surface area contributed by atoms with Gasteiger partial charge in [-0.05, 0) is 44.4 Å². The van der Waals surface area contributed by atoms with Gasteiger partial charge in [0.2, 0.25) is 10.0 Å². The molecular weight excluding hydrogens is 345 g/mol. The van der Waals surface area contributed by atoms with Crippen LogP contribution in [0.4, 0.5) is 4.39 Å². The van der Waals surface area contributed by atoms with E-state index in [0.29, 0.717) is 18.4 Å². The highest BCUT2D eigenvalue weighted by Crippen LogP contribution is 2.25. The fourth-order valence-corrected chi connectivity index (χ4v) is 4.16. The lowest BCUT2D eigenvalue weighted by atomic mass is 9.95. The summed E-state index contributed by atoms with van der Waals surface area (Å²) in [6.07, 6.45) is 3.58. The molecule has 1 unspecified atom stereocenters. The molecule has 2 rings (SSSR count). The van der Waals surface area contributed by atoms with E-state index in [1.807, 2.05) is 0 Å². The van der Waals surface area contributed by atoms with Crippen LogP contribution in [0.1, 0.15) is 26.2 Å². The van der Waals surface area contributed by atoms with Crippen LogP contribution in [0.3, 0.4) is 0 Å². The lowest BCUT2D eigenvalue weighted by Crippen LogP contribution is -2.40. The highest BCUT2D eigenvalue weighted by Gasteiger charge is 2.30. The highest BCUT2D eigenvalue weighted by molar-refractivity contribution is 7.89. The summed E-state index contributed by atoms with van der Waals surface area (Å²) < 4.78 is 45.4. The fourth-order valence-electron chi connectivity index (χ4n) is 2.38. The van der Waals surface area contributed by atoms with Crippen LogP contribution in [0.15, 0.2) is 34.7 Å². The smallest absolute Gasteiger partial charge is 0.335 e. The predicted octanol–water partition coefficient (Wildman–Crippen LogP) is 2.80. The molecule has 0 radical (unpaired) electrons. The van der Waals surface area contributed by atoms with Gasteiger partial charge in [-0.25, -0.2) is 22.3 Å². The summed E-state index contributed by atoms with van der Waals surface area (Å²) in [6, 6.07) is 2.35. The zero-order valence-corrected chi connectivity index (χ0v) is 14.1. The maximum atomic E-state index is 13.1. The van der Waals surface area contributed by atoms with Crippen molar-refractivity contribution in [1.29, 1.82) is 0 Å². The first-order valence-electron chi connectivity index (χ1n) is 7.19. The van der Waals surface area contributed by atoms with E-state index < -0.39 is 27.9 Å². The summed E-state index contributed by atoms with van der Waals surface area (Å²) in [6.45, 7) is 1.89. The summed E-state index contributed by atoms with van der Waals surface area (Å²) in [7, 11) is -3.99. The summed E-state index contributed by atoms with van der Waals surface area (Å²) in [5.41, 5.74) is 0.292. The number of hydrogen-bond donors (Lipinski definition) is 1. The molecule has 0 aromatic heterocycles. The average molecular weight is 362 g/mol. The number of nitrogens with one attached hydrogen (secondary N) is 1. The fraction of sp³-hybridized carbons (Fsp3) is 0.400. The number of ether oxygens (including phenoxy) is 1. The average Bonchev–Trinajstić information content (AvgIpc) is 2.47. The van der Waals surface area contributed by atoms with Crippen LogP contribution >= 0.6 is 11.6 Å². The van der Waals surface area contributed by atoms with Crippen LogP contribution in [0.5, 0.6) is 0 Å². The molecule has 1 aromatic rings. The van der Waals surface area contributed by atoms with E-state index in [0.717, 1.165) is 24.6 Å². The normalized spacial score (nSPS) is 18.4. The van der Waals surface area contributed by atoms with E-state index in [2.05, 4.69) is 4.72 Å². The minimum atomic E-state index is -3.99. The number of sulfonamides is 1. The van der Waals surface area contributed by atoms with Gasteiger partial charge in [-0.3, -0.25) is 0 Å². The second-order valence-corrected chi connectivity index (χ2v) is 7.15. The van der Waals surface area contributed by atoms with Gasteiger partial charge in [-0.15, -0.1) is 0 Å². The van der Waals surface area contributed by atoms with Crippen molar-refractivity contribution in [2.75, 3.05) is 6.61 Å². The van der Waals surface area contributed by atoms with Crippen molar-refractivity contribution in [2.24, 2.45) is 0 Å². The summed E-state index contributed by atoms with van der Waals surface area (Å²) in [4.78, 5) is 11.7. The third kappa shape index (κ3) is 4.31. The molecule has 1 atom stereocenters. The zero-order valence-electron chi connectivity index (χ0n) is 12.5. The second-order valence-electron chi connectivity index (χ2n) is 5.06. The number of halogens is 2. The van der Waals surface area contributed by atoms with Crippen LogP contribution in [0.2, 0.25) is 5.02 Å². The lowest BCUT2D eigenvalue weighted by Gasteiger charge is -2.24. The third-order valence-corrected chi connectivity index (χ3v) is 5.38. The molecule has 8 heteroatoms. The van der Waals surface area contributed by atoms with Gasteiger partial charge in [0.05, 0.1) is 23.2 Å². The van der Waals surface area contributed by atoms with Crippen molar-refractivity contribution in [2.45, 2.75) is 37.1 Å². The largest absolute Gasteiger partial charge is 0.463 e. The van der Waals surface area contributed by atoms with Crippen LogP contribution in [-0.2, 0) is 19.6 Å². The molecule has 0 fully saturated rings. The van der Waals surface area contributed by atoms with Crippen molar-refractivity contribution >= 4 is 27.6 Å². The van der Waals surface area contributed by atoms with E-state index in [4.69, 9.17) is 16.3 Å². The van der Waals surface area contributed by atoms with Crippen molar-refractivity contribution in [3.05, 3.63) is 40.7 Å². The van der Waals surface area contributed by atoms with Gasteiger partial charge < -0.3 is 4.74 Å². The van der Waals surface area contributed by atoms with Crippen LogP contribution in [0.25, 0.3) is 0 Å². The molecule has 1 aromatic carbocycles. The first-order valence-corrected chi connectivity index (χ1v) is 9.06. The summed E-state index contributed by atoms with van der Waals surface area (Å²) in [5, 5.41) is -0.213. The van der Waals surface area contributed by atoms with Crippen LogP contribution in [-0.4, -0.2) is 27.0 Å². The number of allylic oxidation sites excluding steroid dienone is 1. The van der Waals surface area contributed by atoms with Gasteiger partial charge in [0.25, 0.3) is 0 Å². The van der Waals surface area contributed by atoms with Crippen molar-refractivity contribution in [3.63, 3.8) is 0 Å². The lowest BCUT2D eigenvalue weighted by molar-refractivity contribution is -0.138. The molecule has 0 heterocycles. The minimum Gasteiger partial charge on any atom is -0.463 e. The molecule has 1 aliphatic rings. The van der Waals surface area contributed by atoms with Gasteiger partial charge >= 0.3 is 5.97 Å². The molecule has 5 nitrogen and oxygen atoms in total. The highest BCUT2D eigenvalue weighted by atomic mass is 35.5. The minimum absolute atomic E-state index is 0.208. The number of rotatable bonds is 5. The number of esters is 1. The predicted molar refractivity (Wildman–Crippen MR) is 84.1 cm³/mol. The topological polar surface area (TPSA) is 72.5 Å². The van der Waals surface area contributed by atoms with Gasteiger partial charge in [0, 0.05) is 0 Å². The molecule has 0 aliphatic heterocycles. The Hall–Kier alpha value is -1.44. The molecule has 0 bridgehead atoms. The van der Waals surface area contributed by atoms with Crippen LogP contribution in [0, 0.1) is 5.82 Å². The molecule has 0 saturated carbocycles. The Kier molecular flexibility index (Phi) is 5.78. The Labute approximate surface area is 139 Å². The molecule has 126 valence electrons. The first kappa shape index (κ1) is 17.9. The third-order valence-electron chi connectivity index (χ3n) is 3.43. The van der Waals surface area contributed by atoms with E-state index in [9.17, 15) is 17.6 Å². The zero-order chi connectivity index (χ0) is 17.0. The number of hydrogen-bond acceptors (Lipinski definition) is 4. The van der Waals surface area contributed by atoms with Crippen LogP contribution < -0.4 is 4.72 Å². The van der Waals surface area contributed by atoms with Crippen molar-refractivity contribution < 1.29 is 22.3 Å². The van der Waals surface area contributed by atoms with E-state index >= 15 is 0 Å². The van der Waals surface area contributed by atoms with E-state index in [1.54, 1.807) is 13.0 Å². The van der Waals surface area contributed by atoms with Crippen molar-refractivity contribution in [1.82, 2.24) is 4.72 Å². The number of carbonyl (C=O) groups excluding carboxylic acids is 1. The standard InChI is InChI=1S/C15H17ClFNO4S/c1-2-22-15(19)11-5-3-4-6-13(11)18-23(20,21)14-8-7-10(17)9-12(14)16/h5,7-9,13,18H,2-4,6H2,1H3. The van der Waals surface area contributed by atoms with Gasteiger partial charge in [0.1, 0.15) is 10.7 Å². The Bertz CT molecular complexity index is 733. The van der Waals surface area contributed by atoms with Gasteiger partial charge in [-0.1, -0.05) is 17.7 Å². The maximum absolute atomic E-state index is 13.1. The summed E-state index contributed by atoms with van der Waals surface area (Å²) >= 11 is 5.81. The van der Waals surface area contributed by atoms with Gasteiger partial charge in [0.15, 0.2) is 0 Å².